The summed E-state index contributed by atoms with van der Waals surface area (Å²) in [6, 6.07) is 13.5. The van der Waals surface area contributed by atoms with Gasteiger partial charge in [-0.1, -0.05) is 6.07 Å². The highest BCUT2D eigenvalue weighted by molar-refractivity contribution is 5.68. The van der Waals surface area contributed by atoms with Crippen LogP contribution in [0.3, 0.4) is 0 Å². The van der Waals surface area contributed by atoms with Gasteiger partial charge in [-0.25, -0.2) is 0 Å². The maximum Gasteiger partial charge on any atom is 0.269 e. The Morgan fingerprint density at radius 3 is 2.54 bits per heavy atom. The van der Waals surface area contributed by atoms with E-state index in [0.29, 0.717) is 30.9 Å². The lowest BCUT2D eigenvalue weighted by Gasteiger charge is -2.24. The third-order valence-electron chi connectivity index (χ3n) is 3.67. The molecule has 1 N–H and O–H groups in total. The number of nitro benzene ring substituents is 1. The van der Waals surface area contributed by atoms with Gasteiger partial charge >= 0.3 is 0 Å². The van der Waals surface area contributed by atoms with Crippen LogP contribution in [0.4, 0.5) is 22.7 Å². The van der Waals surface area contributed by atoms with Gasteiger partial charge in [-0.3, -0.25) is 10.1 Å². The summed E-state index contributed by atoms with van der Waals surface area (Å²) in [5, 5.41) is 37.2. The highest BCUT2D eigenvalue weighted by atomic mass is 16.6. The van der Waals surface area contributed by atoms with Gasteiger partial charge in [0.1, 0.15) is 5.69 Å². The number of nitriles is 1. The van der Waals surface area contributed by atoms with Crippen LogP contribution >= 0.6 is 0 Å². The van der Waals surface area contributed by atoms with Gasteiger partial charge in [0.25, 0.3) is 5.69 Å². The summed E-state index contributed by atoms with van der Waals surface area (Å²) in [6.45, 7) is 2.76. The average molecular weight is 353 g/mol. The van der Waals surface area contributed by atoms with Crippen LogP contribution in [0.15, 0.2) is 52.7 Å². The average Bonchev–Trinajstić information content (AvgIpc) is 2.64. The molecule has 0 spiro atoms. The van der Waals surface area contributed by atoms with Crippen molar-refractivity contribution in [3.8, 4) is 6.07 Å². The fourth-order valence-corrected chi connectivity index (χ4v) is 2.38. The van der Waals surface area contributed by atoms with Gasteiger partial charge < -0.3 is 10.0 Å². The van der Waals surface area contributed by atoms with E-state index in [0.717, 1.165) is 11.3 Å². The summed E-state index contributed by atoms with van der Waals surface area (Å²) in [7, 11) is 0. The lowest BCUT2D eigenvalue weighted by molar-refractivity contribution is -0.384. The van der Waals surface area contributed by atoms with Crippen molar-refractivity contribution in [1.82, 2.24) is 0 Å². The van der Waals surface area contributed by atoms with Crippen LogP contribution in [0, 0.1) is 28.4 Å². The van der Waals surface area contributed by atoms with Crippen molar-refractivity contribution in [3.63, 3.8) is 0 Å². The van der Waals surface area contributed by atoms with E-state index in [1.165, 1.54) is 24.3 Å². The molecule has 2 rings (SSSR count). The minimum atomic E-state index is -0.471. The number of aliphatic hydroxyl groups is 1. The smallest absolute Gasteiger partial charge is 0.269 e. The normalized spacial score (nSPS) is 10.7. The molecule has 0 aromatic heterocycles. The first-order valence-corrected chi connectivity index (χ1v) is 8.04. The van der Waals surface area contributed by atoms with E-state index in [1.54, 1.807) is 0 Å². The molecule has 8 nitrogen and oxygen atoms in total. The van der Waals surface area contributed by atoms with Crippen LogP contribution in [0.2, 0.25) is 0 Å². The quantitative estimate of drug-likeness (QED) is 0.437. The van der Waals surface area contributed by atoms with Gasteiger partial charge in [0.05, 0.1) is 35.4 Å². The van der Waals surface area contributed by atoms with Crippen LogP contribution in [0.1, 0.15) is 12.0 Å². The van der Waals surface area contributed by atoms with E-state index in [-0.39, 0.29) is 12.3 Å². The van der Waals surface area contributed by atoms with Crippen LogP contribution in [-0.4, -0.2) is 29.7 Å². The van der Waals surface area contributed by atoms with Crippen molar-refractivity contribution in [3.05, 3.63) is 58.1 Å². The second-order valence-corrected chi connectivity index (χ2v) is 5.58. The highest BCUT2D eigenvalue weighted by Gasteiger charge is 2.11. The van der Waals surface area contributed by atoms with E-state index in [4.69, 9.17) is 5.26 Å². The first-order chi connectivity index (χ1) is 12.5. The third-order valence-corrected chi connectivity index (χ3v) is 3.67. The number of aliphatic hydroxyl groups excluding tert-OH is 1. The molecule has 0 radical (unpaired) electrons. The molecule has 0 aliphatic rings. The molecule has 0 unspecified atom stereocenters. The van der Waals surface area contributed by atoms with Crippen LogP contribution in [0.25, 0.3) is 0 Å². The number of hydrogen-bond donors (Lipinski definition) is 1. The van der Waals surface area contributed by atoms with E-state index in [2.05, 4.69) is 16.3 Å². The molecule has 2 aromatic rings. The molecule has 134 valence electrons. The molecule has 0 saturated carbocycles. The first kappa shape index (κ1) is 19.0. The Kier molecular flexibility index (Phi) is 6.76. The molecule has 0 aliphatic heterocycles. The zero-order valence-corrected chi connectivity index (χ0v) is 14.4. The number of aryl methyl sites for hydroxylation is 1. The highest BCUT2D eigenvalue weighted by Crippen LogP contribution is 2.31. The van der Waals surface area contributed by atoms with Crippen molar-refractivity contribution in [2.45, 2.75) is 13.3 Å². The van der Waals surface area contributed by atoms with Crippen molar-refractivity contribution < 1.29 is 10.0 Å². The predicted molar refractivity (Wildman–Crippen MR) is 98.0 cm³/mol. The fourth-order valence-electron chi connectivity index (χ4n) is 2.38. The van der Waals surface area contributed by atoms with Gasteiger partial charge in [-0.05, 0) is 36.8 Å². The zero-order valence-electron chi connectivity index (χ0n) is 14.4. The van der Waals surface area contributed by atoms with E-state index in [9.17, 15) is 15.2 Å². The topological polar surface area (TPSA) is 115 Å². The van der Waals surface area contributed by atoms with E-state index >= 15 is 0 Å². The largest absolute Gasteiger partial charge is 0.395 e. The summed E-state index contributed by atoms with van der Waals surface area (Å²) in [6.07, 6.45) is 0.326. The Labute approximate surface area is 151 Å². The Morgan fingerprint density at radius 2 is 1.92 bits per heavy atom. The van der Waals surface area contributed by atoms with Gasteiger partial charge in [-0.2, -0.15) is 10.4 Å². The molecular formula is C18H19N5O3. The van der Waals surface area contributed by atoms with Crippen LogP contribution in [-0.2, 0) is 0 Å². The second-order valence-electron chi connectivity index (χ2n) is 5.58. The molecule has 2 aromatic carbocycles. The summed E-state index contributed by atoms with van der Waals surface area (Å²) in [5.41, 5.74) is 2.88. The molecule has 0 fully saturated rings. The maximum atomic E-state index is 10.7. The molecule has 26 heavy (non-hydrogen) atoms. The molecular weight excluding hydrogens is 334 g/mol. The van der Waals surface area contributed by atoms with Crippen molar-refractivity contribution in [2.24, 2.45) is 10.2 Å². The number of benzene rings is 2. The SMILES string of the molecule is Cc1ccc(N=Nc2ccc([N+](=O)[O-])cc2)c(N(CCO)CCC#N)c1. The minimum absolute atomic E-state index is 0.00870. The Hall–Kier alpha value is -3.31. The van der Waals surface area contributed by atoms with E-state index < -0.39 is 4.92 Å². The lowest BCUT2D eigenvalue weighted by Crippen LogP contribution is -2.27. The third kappa shape index (κ3) is 5.09. The van der Waals surface area contributed by atoms with Crippen molar-refractivity contribution in [1.29, 1.82) is 5.26 Å². The molecule has 0 saturated heterocycles. The number of rotatable bonds is 8. The molecule has 8 heteroatoms. The number of hydrogen-bond acceptors (Lipinski definition) is 7. The number of nitrogens with zero attached hydrogens (tertiary/aromatic N) is 5. The van der Waals surface area contributed by atoms with Gasteiger partial charge in [0.2, 0.25) is 0 Å². The molecule has 0 atom stereocenters. The van der Waals surface area contributed by atoms with E-state index in [1.807, 2.05) is 30.0 Å². The minimum Gasteiger partial charge on any atom is -0.395 e. The fraction of sp³-hybridized carbons (Fsp3) is 0.278. The summed E-state index contributed by atoms with van der Waals surface area (Å²) >= 11 is 0. The van der Waals surface area contributed by atoms with Gasteiger partial charge in [0, 0.05) is 25.2 Å². The number of nitro groups is 1. The first-order valence-electron chi connectivity index (χ1n) is 8.04. The monoisotopic (exact) mass is 353 g/mol. The van der Waals surface area contributed by atoms with Crippen LogP contribution in [0.5, 0.6) is 0 Å². The summed E-state index contributed by atoms with van der Waals surface area (Å²) < 4.78 is 0. The number of anilines is 1. The van der Waals surface area contributed by atoms with Gasteiger partial charge in [0.15, 0.2) is 0 Å². The lowest BCUT2D eigenvalue weighted by atomic mass is 10.1. The maximum absolute atomic E-state index is 10.7. The van der Waals surface area contributed by atoms with Gasteiger partial charge in [-0.15, -0.1) is 5.11 Å². The molecule has 0 heterocycles. The number of azo groups is 1. The van der Waals surface area contributed by atoms with Crippen LogP contribution < -0.4 is 4.90 Å². The number of non-ortho nitro benzene ring substituents is 1. The van der Waals surface area contributed by atoms with Crippen molar-refractivity contribution in [2.75, 3.05) is 24.6 Å². The standard InChI is InChI=1S/C18H19N5O3/c1-14-3-8-17(18(13-14)22(11-12-24)10-2-9-19)21-20-15-4-6-16(7-5-15)23(25)26/h3-8,13,24H,2,10-12H2,1H3. The summed E-state index contributed by atoms with van der Waals surface area (Å²) in [5.74, 6) is 0. The zero-order chi connectivity index (χ0) is 18.9. The second kappa shape index (κ2) is 9.25. The predicted octanol–water partition coefficient (Wildman–Crippen LogP) is 4.03. The Balaban J connectivity index is 2.30. The summed E-state index contributed by atoms with van der Waals surface area (Å²) in [4.78, 5) is 12.1. The Morgan fingerprint density at radius 1 is 1.19 bits per heavy atom. The van der Waals surface area contributed by atoms with Crippen molar-refractivity contribution >= 4 is 22.7 Å². The molecule has 0 bridgehead atoms. The molecule has 0 amide bonds. The molecule has 0 aliphatic carbocycles. The Bertz CT molecular complexity index is 828.